The van der Waals surface area contributed by atoms with Crippen LogP contribution in [0.4, 0.5) is 11.5 Å². The van der Waals surface area contributed by atoms with E-state index in [-0.39, 0.29) is 11.8 Å². The number of fused-ring (bicyclic) bond motifs is 1. The van der Waals surface area contributed by atoms with Gasteiger partial charge in [0.05, 0.1) is 16.6 Å². The largest absolute Gasteiger partial charge is 0.494 e. The van der Waals surface area contributed by atoms with Gasteiger partial charge in [-0.15, -0.1) is 0 Å². The first-order valence-electron chi connectivity index (χ1n) is 11.5. The van der Waals surface area contributed by atoms with E-state index in [1.807, 2.05) is 49.7 Å². The molecule has 2 aromatic heterocycles. The molecule has 192 valence electrons. The first kappa shape index (κ1) is 28.1. The van der Waals surface area contributed by atoms with Crippen LogP contribution in [0.25, 0.3) is 11.0 Å². The second kappa shape index (κ2) is 14.3. The molecule has 3 aromatic rings. The van der Waals surface area contributed by atoms with Gasteiger partial charge in [-0.05, 0) is 38.4 Å². The number of anilines is 1. The van der Waals surface area contributed by atoms with Crippen molar-refractivity contribution in [3.05, 3.63) is 41.7 Å². The number of hydrogen-bond donors (Lipinski definition) is 3. The summed E-state index contributed by atoms with van der Waals surface area (Å²) >= 11 is 0. The fourth-order valence-corrected chi connectivity index (χ4v) is 3.90. The molecular weight excluding hydrogens is 462 g/mol. The van der Waals surface area contributed by atoms with Crippen LogP contribution in [0.3, 0.4) is 0 Å². The van der Waals surface area contributed by atoms with E-state index in [9.17, 15) is 9.90 Å². The average molecular weight is 496 g/mol. The van der Waals surface area contributed by atoms with Gasteiger partial charge in [-0.25, -0.2) is 9.97 Å². The number of rotatable bonds is 7. The minimum Gasteiger partial charge on any atom is -0.494 e. The summed E-state index contributed by atoms with van der Waals surface area (Å²) in [6.45, 7) is 9.23. The molecule has 0 radical (unpaired) electrons. The number of benzene rings is 1. The average Bonchev–Trinajstić information content (AvgIpc) is 3.25. The number of aryl methyl sites for hydroxylation is 1. The third kappa shape index (κ3) is 6.95. The lowest BCUT2D eigenvalue weighted by Crippen LogP contribution is -2.49. The van der Waals surface area contributed by atoms with Gasteiger partial charge >= 0.3 is 0 Å². The van der Waals surface area contributed by atoms with E-state index < -0.39 is 0 Å². The summed E-state index contributed by atoms with van der Waals surface area (Å²) in [5.74, 6) is 0.912. The number of nitrogens with zero attached hydrogens (tertiary/aromatic N) is 5. The van der Waals surface area contributed by atoms with Crippen LogP contribution in [0.15, 0.2) is 35.6 Å². The first-order chi connectivity index (χ1) is 17.6. The molecule has 4 N–H and O–H groups in total. The Morgan fingerprint density at radius 2 is 1.78 bits per heavy atom. The highest BCUT2D eigenvalue weighted by Crippen LogP contribution is 2.32. The summed E-state index contributed by atoms with van der Waals surface area (Å²) < 4.78 is 0. The number of amides is 1. The Balaban J connectivity index is 0.00000109. The van der Waals surface area contributed by atoms with Crippen LogP contribution in [0, 0.1) is 6.92 Å². The zero-order chi connectivity index (χ0) is 26.5. The van der Waals surface area contributed by atoms with Gasteiger partial charge in [0.1, 0.15) is 31.4 Å². The highest BCUT2D eigenvalue weighted by Gasteiger charge is 2.25. The molecule has 0 spiro atoms. The van der Waals surface area contributed by atoms with E-state index in [4.69, 9.17) is 15.3 Å². The topological polar surface area (TPSA) is 158 Å². The molecule has 0 atom stereocenters. The highest BCUT2D eigenvalue weighted by atomic mass is 16.3. The Bertz CT molecular complexity index is 1140. The van der Waals surface area contributed by atoms with Gasteiger partial charge in [0.2, 0.25) is 5.91 Å². The molecule has 1 saturated heterocycles. The monoisotopic (exact) mass is 495 g/mol. The number of piperazine rings is 1. The second-order valence-electron chi connectivity index (χ2n) is 8.02. The number of H-pyrrole nitrogens is 1. The number of unbranched alkanes of at least 4 members (excludes halogenated alkanes) is 1. The summed E-state index contributed by atoms with van der Waals surface area (Å²) in [5, 5.41) is 11.2. The molecule has 3 heterocycles. The Hall–Kier alpha value is -4.12. The smallest absolute Gasteiger partial charge is 0.222 e. The number of aromatic hydroxyl groups is 1. The summed E-state index contributed by atoms with van der Waals surface area (Å²) in [6.07, 6.45) is 5.37. The standard InChI is InChI=1S/C23H29N7O2.2CH2O/c1-16-5-7-17(8-6-16)25-14-18-20-21(28-23(18)32)26-15-27-22(20)30-12-10-29(11-13-30)19(31)4-2-3-9-24;2*1-2/h5-8,14-15,32H,2-4,9-13,24H2,1H3,(H,26,27,28);2*1H2. The fourth-order valence-electron chi connectivity index (χ4n) is 3.90. The second-order valence-corrected chi connectivity index (χ2v) is 8.02. The number of aromatic nitrogens is 3. The number of nitrogens with one attached hydrogen (secondary N) is 1. The molecular formula is C25H33N7O4. The van der Waals surface area contributed by atoms with Crippen molar-refractivity contribution in [1.29, 1.82) is 0 Å². The lowest BCUT2D eigenvalue weighted by Gasteiger charge is -2.35. The lowest BCUT2D eigenvalue weighted by molar-refractivity contribution is -0.131. The van der Waals surface area contributed by atoms with Crippen molar-refractivity contribution in [1.82, 2.24) is 19.9 Å². The van der Waals surface area contributed by atoms with Crippen molar-refractivity contribution in [3.63, 3.8) is 0 Å². The Kier molecular flexibility index (Phi) is 11.2. The molecule has 11 heteroatoms. The molecule has 0 aliphatic carbocycles. The molecule has 4 rings (SSSR count). The minimum atomic E-state index is 0.00586. The third-order valence-electron chi connectivity index (χ3n) is 5.74. The Labute approximate surface area is 210 Å². The van der Waals surface area contributed by atoms with Crippen molar-refractivity contribution >= 4 is 48.2 Å². The maximum Gasteiger partial charge on any atom is 0.222 e. The van der Waals surface area contributed by atoms with Crippen molar-refractivity contribution < 1.29 is 19.5 Å². The lowest BCUT2D eigenvalue weighted by atomic mass is 10.2. The number of hydrogen-bond acceptors (Lipinski definition) is 9. The summed E-state index contributed by atoms with van der Waals surface area (Å²) in [7, 11) is 0. The van der Waals surface area contributed by atoms with Crippen molar-refractivity contribution in [2.75, 3.05) is 37.6 Å². The molecule has 0 saturated carbocycles. The van der Waals surface area contributed by atoms with Crippen LogP contribution >= 0.6 is 0 Å². The van der Waals surface area contributed by atoms with Crippen LogP contribution in [-0.2, 0) is 14.4 Å². The summed E-state index contributed by atoms with van der Waals surface area (Å²) in [5.41, 5.74) is 8.58. The minimum absolute atomic E-state index is 0.00586. The van der Waals surface area contributed by atoms with Crippen molar-refractivity contribution in [3.8, 4) is 5.88 Å². The van der Waals surface area contributed by atoms with E-state index in [2.05, 4.69) is 24.8 Å². The third-order valence-corrected chi connectivity index (χ3v) is 5.74. The molecule has 1 aromatic carbocycles. The van der Waals surface area contributed by atoms with Crippen LogP contribution in [-0.4, -0.2) is 83.4 Å². The van der Waals surface area contributed by atoms with Gasteiger partial charge in [-0.1, -0.05) is 17.7 Å². The summed E-state index contributed by atoms with van der Waals surface area (Å²) in [4.78, 5) is 48.7. The molecule has 1 aliphatic heterocycles. The zero-order valence-electron chi connectivity index (χ0n) is 20.5. The van der Waals surface area contributed by atoms with Crippen LogP contribution < -0.4 is 10.6 Å². The molecule has 1 amide bonds. The van der Waals surface area contributed by atoms with E-state index in [0.29, 0.717) is 50.4 Å². The number of carbonyl (C=O) groups excluding carboxylic acids is 3. The maximum absolute atomic E-state index is 12.4. The number of aromatic amines is 1. The van der Waals surface area contributed by atoms with Gasteiger partial charge in [-0.2, -0.15) is 0 Å². The van der Waals surface area contributed by atoms with Crippen LogP contribution in [0.2, 0.25) is 0 Å². The Morgan fingerprint density at radius 1 is 1.11 bits per heavy atom. The molecule has 0 unspecified atom stereocenters. The SMILES string of the molecule is C=O.C=O.Cc1ccc(N=Cc2c(O)[nH]c3ncnc(N4CCN(C(=O)CCCCN)CC4)c23)cc1. The molecule has 11 nitrogen and oxygen atoms in total. The molecule has 36 heavy (non-hydrogen) atoms. The van der Waals surface area contributed by atoms with Crippen LogP contribution in [0.1, 0.15) is 30.4 Å². The van der Waals surface area contributed by atoms with E-state index in [1.54, 1.807) is 6.21 Å². The van der Waals surface area contributed by atoms with E-state index >= 15 is 0 Å². The van der Waals surface area contributed by atoms with E-state index in [1.165, 1.54) is 6.33 Å². The van der Waals surface area contributed by atoms with Gasteiger partial charge in [0.15, 0.2) is 5.88 Å². The summed E-state index contributed by atoms with van der Waals surface area (Å²) in [6, 6.07) is 7.85. The van der Waals surface area contributed by atoms with Crippen molar-refractivity contribution in [2.24, 2.45) is 10.7 Å². The van der Waals surface area contributed by atoms with Gasteiger partial charge in [0.25, 0.3) is 0 Å². The molecule has 1 aliphatic rings. The quantitative estimate of drug-likeness (QED) is 0.332. The van der Waals surface area contributed by atoms with Gasteiger partial charge in [-0.3, -0.25) is 9.79 Å². The predicted molar refractivity (Wildman–Crippen MR) is 140 cm³/mol. The predicted octanol–water partition coefficient (Wildman–Crippen LogP) is 2.13. The van der Waals surface area contributed by atoms with Gasteiger partial charge < -0.3 is 35.2 Å². The highest BCUT2D eigenvalue weighted by molar-refractivity contribution is 6.06. The Morgan fingerprint density at radius 3 is 2.42 bits per heavy atom. The van der Waals surface area contributed by atoms with Gasteiger partial charge in [0, 0.05) is 38.8 Å². The number of carbonyl (C=O) groups is 3. The zero-order valence-corrected chi connectivity index (χ0v) is 20.5. The fraction of sp³-hybridized carbons (Fsp3) is 0.360. The van der Waals surface area contributed by atoms with E-state index in [0.717, 1.165) is 35.3 Å². The van der Waals surface area contributed by atoms with Crippen molar-refractivity contribution in [2.45, 2.75) is 26.2 Å². The molecule has 0 bridgehead atoms. The molecule has 1 fully saturated rings. The maximum atomic E-state index is 12.4. The number of aliphatic imine (C=N–C) groups is 1. The number of nitrogens with two attached hydrogens (primary N) is 1. The first-order valence-corrected chi connectivity index (χ1v) is 11.5. The normalized spacial score (nSPS) is 13.2. The van der Waals surface area contributed by atoms with Crippen LogP contribution in [0.5, 0.6) is 5.88 Å².